The topological polar surface area (TPSA) is 89.1 Å². The molecule has 8 nitrogen and oxygen atoms in total. The van der Waals surface area contributed by atoms with E-state index in [-0.39, 0.29) is 22.1 Å². The van der Waals surface area contributed by atoms with E-state index < -0.39 is 11.6 Å². The minimum atomic E-state index is -0.736. The van der Waals surface area contributed by atoms with Crippen molar-refractivity contribution in [2.45, 2.75) is 48.1 Å². The van der Waals surface area contributed by atoms with Crippen LogP contribution < -0.4 is 5.32 Å². The number of benzene rings is 3. The molecule has 2 fully saturated rings. The highest BCUT2D eigenvalue weighted by Gasteiger charge is 2.64. The minimum absolute atomic E-state index is 0.0396. The van der Waals surface area contributed by atoms with Crippen LogP contribution in [0.25, 0.3) is 0 Å². The Morgan fingerprint density at radius 3 is 2.00 bits per heavy atom. The molecule has 3 atom stereocenters. The average Bonchev–Trinajstić information content (AvgIpc) is 3.74. The summed E-state index contributed by atoms with van der Waals surface area (Å²) in [7, 11) is 0. The van der Waals surface area contributed by atoms with Crippen LogP contribution in [0.5, 0.6) is 0 Å². The van der Waals surface area contributed by atoms with Gasteiger partial charge in [-0.3, -0.25) is 10.1 Å². The van der Waals surface area contributed by atoms with Crippen molar-refractivity contribution in [3.8, 4) is 0 Å². The van der Waals surface area contributed by atoms with E-state index in [1.165, 1.54) is 0 Å². The van der Waals surface area contributed by atoms with Crippen LogP contribution in [-0.4, -0.2) is 47.2 Å². The second kappa shape index (κ2) is 10.0. The van der Waals surface area contributed by atoms with E-state index in [2.05, 4.69) is 107 Å². The number of tetrazole rings is 1. The van der Waals surface area contributed by atoms with Gasteiger partial charge < -0.3 is 9.32 Å². The standard InChI is InChI=1S/C32H30N6O2S/c1-31(2)27(28-34-35-36-37(28)21-25-19-12-20-40-25)38-29(39)26(30(38)41-31)33-32(22-13-6-3-7-14-22,23-15-8-4-9-16-23)24-17-10-5-11-18-24/h3-20,26-27,30,33H,21H2,1-2H3. The van der Waals surface area contributed by atoms with Crippen molar-refractivity contribution < 1.29 is 9.21 Å². The largest absolute Gasteiger partial charge is 0.467 e. The normalized spacial score (nSPS) is 21.5. The Kier molecular flexibility index (Phi) is 6.28. The molecule has 1 N–H and O–H groups in total. The van der Waals surface area contributed by atoms with Crippen LogP contribution in [-0.2, 0) is 16.9 Å². The van der Waals surface area contributed by atoms with Crippen molar-refractivity contribution in [2.75, 3.05) is 0 Å². The maximum atomic E-state index is 14.2. The van der Waals surface area contributed by atoms with Crippen molar-refractivity contribution in [3.63, 3.8) is 0 Å². The molecule has 0 bridgehead atoms. The van der Waals surface area contributed by atoms with E-state index in [0.717, 1.165) is 22.5 Å². The third-order valence-electron chi connectivity index (χ3n) is 8.12. The summed E-state index contributed by atoms with van der Waals surface area (Å²) in [6, 6.07) is 34.2. The van der Waals surface area contributed by atoms with E-state index in [0.29, 0.717) is 12.4 Å². The highest BCUT2D eigenvalue weighted by atomic mass is 32.2. The van der Waals surface area contributed by atoms with Gasteiger partial charge in [0, 0.05) is 4.75 Å². The van der Waals surface area contributed by atoms with Crippen LogP contribution >= 0.6 is 11.8 Å². The molecule has 9 heteroatoms. The molecule has 3 aromatic carbocycles. The molecule has 7 rings (SSSR count). The first-order valence-corrected chi connectivity index (χ1v) is 14.6. The van der Waals surface area contributed by atoms with Crippen LogP contribution in [0.4, 0.5) is 0 Å². The number of carbonyl (C=O) groups excluding carboxylic acids is 1. The molecular weight excluding hydrogens is 532 g/mol. The zero-order valence-electron chi connectivity index (χ0n) is 22.8. The number of hydrogen-bond donors (Lipinski definition) is 1. The van der Waals surface area contributed by atoms with Gasteiger partial charge >= 0.3 is 0 Å². The first-order valence-electron chi connectivity index (χ1n) is 13.7. The summed E-state index contributed by atoms with van der Waals surface area (Å²) in [5.41, 5.74) is 2.49. The van der Waals surface area contributed by atoms with Gasteiger partial charge in [-0.15, -0.1) is 16.9 Å². The van der Waals surface area contributed by atoms with Gasteiger partial charge in [0.25, 0.3) is 0 Å². The maximum Gasteiger partial charge on any atom is 0.244 e. The molecule has 2 aliphatic heterocycles. The summed E-state index contributed by atoms with van der Waals surface area (Å²) < 4.78 is 6.97. The van der Waals surface area contributed by atoms with Crippen molar-refractivity contribution in [1.29, 1.82) is 0 Å². The number of fused-ring (bicyclic) bond motifs is 1. The zero-order chi connectivity index (χ0) is 28.0. The Bertz CT molecular complexity index is 1540. The molecule has 0 radical (unpaired) electrons. The molecule has 41 heavy (non-hydrogen) atoms. The lowest BCUT2D eigenvalue weighted by atomic mass is 9.76. The van der Waals surface area contributed by atoms with Gasteiger partial charge in [-0.1, -0.05) is 91.0 Å². The molecule has 2 aromatic heterocycles. The highest BCUT2D eigenvalue weighted by Crippen LogP contribution is 2.57. The lowest BCUT2D eigenvalue weighted by molar-refractivity contribution is -0.150. The first-order chi connectivity index (χ1) is 20.0. The number of carbonyl (C=O) groups is 1. The van der Waals surface area contributed by atoms with Gasteiger partial charge in [-0.2, -0.15) is 0 Å². The molecule has 1 amide bonds. The second-order valence-corrected chi connectivity index (χ2v) is 12.8. The Hall–Kier alpha value is -4.21. The van der Waals surface area contributed by atoms with E-state index in [4.69, 9.17) is 4.42 Å². The van der Waals surface area contributed by atoms with E-state index in [9.17, 15) is 4.79 Å². The Balaban J connectivity index is 1.28. The molecule has 3 unspecified atom stereocenters. The fourth-order valence-electron chi connectivity index (χ4n) is 6.28. The van der Waals surface area contributed by atoms with Crippen molar-refractivity contribution in [2.24, 2.45) is 0 Å². The van der Waals surface area contributed by atoms with Crippen molar-refractivity contribution in [3.05, 3.63) is 138 Å². The quantitative estimate of drug-likeness (QED) is 0.210. The molecule has 0 spiro atoms. The van der Waals surface area contributed by atoms with Crippen LogP contribution in [0.1, 0.15) is 48.2 Å². The minimum Gasteiger partial charge on any atom is -0.467 e. The lowest BCUT2D eigenvalue weighted by Crippen LogP contribution is -2.70. The number of hydrogen-bond acceptors (Lipinski definition) is 7. The number of amides is 1. The summed E-state index contributed by atoms with van der Waals surface area (Å²) >= 11 is 1.79. The number of nitrogens with zero attached hydrogens (tertiary/aromatic N) is 5. The first kappa shape index (κ1) is 25.7. The Labute approximate surface area is 242 Å². The molecule has 206 valence electrons. The number of rotatable bonds is 8. The van der Waals surface area contributed by atoms with E-state index >= 15 is 0 Å². The zero-order valence-corrected chi connectivity index (χ0v) is 23.6. The van der Waals surface area contributed by atoms with Gasteiger partial charge in [-0.25, -0.2) is 4.68 Å². The van der Waals surface area contributed by atoms with E-state index in [1.807, 2.05) is 35.2 Å². The van der Waals surface area contributed by atoms with Gasteiger partial charge in [0.05, 0.1) is 11.8 Å². The fraction of sp³-hybridized carbons (Fsp3) is 0.250. The third-order valence-corrected chi connectivity index (χ3v) is 9.69. The second-order valence-electron chi connectivity index (χ2n) is 11.0. The summed E-state index contributed by atoms with van der Waals surface area (Å²) in [5, 5.41) is 16.4. The molecule has 2 saturated heterocycles. The van der Waals surface area contributed by atoms with Crippen LogP contribution in [0.3, 0.4) is 0 Å². The van der Waals surface area contributed by atoms with Crippen LogP contribution in [0, 0.1) is 0 Å². The number of furan rings is 1. The van der Waals surface area contributed by atoms with Crippen molar-refractivity contribution >= 4 is 17.7 Å². The summed E-state index contributed by atoms with van der Waals surface area (Å²) in [6.07, 6.45) is 1.64. The maximum absolute atomic E-state index is 14.2. The molecule has 0 aliphatic carbocycles. The summed E-state index contributed by atoms with van der Waals surface area (Å²) in [4.78, 5) is 16.1. The van der Waals surface area contributed by atoms with E-state index in [1.54, 1.807) is 22.7 Å². The Morgan fingerprint density at radius 2 is 1.46 bits per heavy atom. The predicted molar refractivity (Wildman–Crippen MR) is 157 cm³/mol. The molecule has 0 saturated carbocycles. The average molecular weight is 563 g/mol. The van der Waals surface area contributed by atoms with Crippen molar-refractivity contribution in [1.82, 2.24) is 30.4 Å². The predicted octanol–water partition coefficient (Wildman–Crippen LogP) is 5.00. The van der Waals surface area contributed by atoms with Crippen LogP contribution in [0.15, 0.2) is 114 Å². The number of thioether (sulfide) groups is 1. The molecule has 2 aliphatic rings. The number of β-lactam (4-membered cyclic amide) rings is 1. The fourth-order valence-corrected chi connectivity index (χ4v) is 7.91. The summed E-state index contributed by atoms with van der Waals surface area (Å²) in [6.45, 7) is 4.73. The van der Waals surface area contributed by atoms with Gasteiger partial charge in [0.2, 0.25) is 5.91 Å². The monoisotopic (exact) mass is 562 g/mol. The SMILES string of the molecule is CC1(C)SC2C(NC(c3ccccc3)(c3ccccc3)c3ccccc3)C(=O)N2C1c1nnnn1Cc1ccco1. The highest BCUT2D eigenvalue weighted by molar-refractivity contribution is 8.01. The molecular formula is C32H30N6O2S. The number of nitrogens with one attached hydrogen (secondary N) is 1. The molecule has 5 aromatic rings. The molecule has 4 heterocycles. The van der Waals surface area contributed by atoms with Gasteiger partial charge in [0.15, 0.2) is 5.82 Å². The third kappa shape index (κ3) is 4.19. The van der Waals surface area contributed by atoms with Gasteiger partial charge in [-0.05, 0) is 53.1 Å². The lowest BCUT2D eigenvalue weighted by Gasteiger charge is -2.49. The number of aromatic nitrogens is 4. The van der Waals surface area contributed by atoms with Gasteiger partial charge in [0.1, 0.15) is 29.8 Å². The summed E-state index contributed by atoms with van der Waals surface area (Å²) in [5.74, 6) is 1.46. The van der Waals surface area contributed by atoms with Crippen LogP contribution in [0.2, 0.25) is 0 Å². The Morgan fingerprint density at radius 1 is 0.878 bits per heavy atom. The smallest absolute Gasteiger partial charge is 0.244 e.